The second-order valence-corrected chi connectivity index (χ2v) is 12.9. The lowest BCUT2D eigenvalue weighted by Crippen LogP contribution is -2.38. The second-order valence-electron chi connectivity index (χ2n) is 12.9. The van der Waals surface area contributed by atoms with E-state index >= 15 is 0 Å². The molecule has 1 aliphatic rings. The average molecular weight is 532 g/mol. The number of carbonyl (C=O) groups is 1. The lowest BCUT2D eigenvalue weighted by atomic mass is 9.83. The first-order valence-electron chi connectivity index (χ1n) is 15.2. The molecule has 1 heterocycles. The summed E-state index contributed by atoms with van der Waals surface area (Å²) in [5.41, 5.74) is 4.25. The van der Waals surface area contributed by atoms with E-state index < -0.39 is 12.0 Å². The minimum atomic E-state index is -0.851. The maximum Gasteiger partial charge on any atom is 0.320 e. The molecule has 0 saturated heterocycles. The van der Waals surface area contributed by atoms with Gasteiger partial charge in [0, 0.05) is 17.7 Å². The minimum Gasteiger partial charge on any atom is -0.496 e. The fraction of sp³-hybridized carbons (Fsp3) is 0.788. The van der Waals surface area contributed by atoms with Crippen LogP contribution in [0.1, 0.15) is 128 Å². The van der Waals surface area contributed by atoms with Gasteiger partial charge in [0.15, 0.2) is 0 Å². The molecule has 0 bridgehead atoms. The average Bonchev–Trinajstić information content (AvgIpc) is 2.84. The lowest BCUT2D eigenvalue weighted by molar-refractivity contribution is -0.139. The van der Waals surface area contributed by atoms with Crippen LogP contribution in [0.4, 0.5) is 0 Å². The van der Waals surface area contributed by atoms with Crippen LogP contribution in [0.5, 0.6) is 11.5 Å². The van der Waals surface area contributed by atoms with E-state index in [-0.39, 0.29) is 5.60 Å². The Balaban J connectivity index is 1.92. The minimum absolute atomic E-state index is 0.164. The van der Waals surface area contributed by atoms with Gasteiger partial charge < -0.3 is 19.9 Å². The highest BCUT2D eigenvalue weighted by Crippen LogP contribution is 2.45. The van der Waals surface area contributed by atoms with E-state index in [1.165, 1.54) is 56.9 Å². The molecule has 1 aromatic rings. The molecule has 5 heteroatoms. The zero-order valence-electron chi connectivity index (χ0n) is 26.0. The quantitative estimate of drug-likeness (QED) is 0.211. The number of carboxylic acid groups (broad SMARTS) is 1. The first-order chi connectivity index (χ1) is 17.9. The van der Waals surface area contributed by atoms with Crippen molar-refractivity contribution in [2.24, 2.45) is 17.8 Å². The van der Waals surface area contributed by atoms with E-state index in [1.54, 1.807) is 14.0 Å². The Morgan fingerprint density at radius 2 is 1.55 bits per heavy atom. The molecule has 2 rings (SSSR count). The van der Waals surface area contributed by atoms with Crippen LogP contribution in [0.2, 0.25) is 0 Å². The molecule has 0 fully saturated rings. The van der Waals surface area contributed by atoms with Crippen LogP contribution >= 0.6 is 0 Å². The highest BCUT2D eigenvalue weighted by molar-refractivity contribution is 5.73. The highest BCUT2D eigenvalue weighted by Gasteiger charge is 2.35. The first kappa shape index (κ1) is 32.5. The van der Waals surface area contributed by atoms with Gasteiger partial charge in [-0.05, 0) is 82.3 Å². The summed E-state index contributed by atoms with van der Waals surface area (Å²) in [6, 6.07) is -0.623. The number of ether oxygens (including phenoxy) is 2. The molecule has 3 unspecified atom stereocenters. The molecule has 0 spiro atoms. The number of fused-ring (bicyclic) bond motifs is 1. The molecule has 5 nitrogen and oxygen atoms in total. The van der Waals surface area contributed by atoms with Gasteiger partial charge >= 0.3 is 5.97 Å². The van der Waals surface area contributed by atoms with E-state index in [0.717, 1.165) is 65.2 Å². The molecule has 0 aromatic heterocycles. The summed E-state index contributed by atoms with van der Waals surface area (Å²) in [5.74, 6) is 3.43. The zero-order chi connectivity index (χ0) is 28.5. The summed E-state index contributed by atoms with van der Waals surface area (Å²) in [6.45, 7) is 18.1. The predicted octanol–water partition coefficient (Wildman–Crippen LogP) is 8.40. The van der Waals surface area contributed by atoms with Crippen molar-refractivity contribution < 1.29 is 19.4 Å². The van der Waals surface area contributed by atoms with Crippen molar-refractivity contribution in [2.75, 3.05) is 7.11 Å². The van der Waals surface area contributed by atoms with Gasteiger partial charge in [0.2, 0.25) is 0 Å². The molecular formula is C33H57NO4. The van der Waals surface area contributed by atoms with Crippen molar-refractivity contribution in [1.29, 1.82) is 0 Å². The summed E-state index contributed by atoms with van der Waals surface area (Å²) in [6.07, 6.45) is 13.6. The maximum atomic E-state index is 11.3. The molecule has 218 valence electrons. The van der Waals surface area contributed by atoms with E-state index in [2.05, 4.69) is 53.8 Å². The number of nitrogens with one attached hydrogen (secondary N) is 1. The fourth-order valence-electron chi connectivity index (χ4n) is 5.94. The van der Waals surface area contributed by atoms with E-state index in [0.29, 0.717) is 6.54 Å². The molecule has 0 saturated carbocycles. The lowest BCUT2D eigenvalue weighted by Gasteiger charge is -2.39. The van der Waals surface area contributed by atoms with Crippen LogP contribution in [0, 0.1) is 31.6 Å². The van der Waals surface area contributed by atoms with Crippen molar-refractivity contribution in [1.82, 2.24) is 5.32 Å². The van der Waals surface area contributed by atoms with Gasteiger partial charge in [0.1, 0.15) is 23.1 Å². The van der Waals surface area contributed by atoms with Crippen molar-refractivity contribution in [3.8, 4) is 11.5 Å². The normalized spacial score (nSPS) is 19.5. The van der Waals surface area contributed by atoms with Crippen molar-refractivity contribution in [3.05, 3.63) is 22.3 Å². The van der Waals surface area contributed by atoms with Gasteiger partial charge in [0.25, 0.3) is 0 Å². The van der Waals surface area contributed by atoms with Crippen molar-refractivity contribution in [3.63, 3.8) is 0 Å². The summed E-state index contributed by atoms with van der Waals surface area (Å²) in [4.78, 5) is 11.3. The zero-order valence-corrected chi connectivity index (χ0v) is 26.0. The number of rotatable bonds is 17. The molecular weight excluding hydrogens is 474 g/mol. The third kappa shape index (κ3) is 9.47. The Bertz CT molecular complexity index is 896. The van der Waals surface area contributed by atoms with Crippen LogP contribution in [0.25, 0.3) is 0 Å². The second kappa shape index (κ2) is 15.1. The molecule has 2 N–H and O–H groups in total. The topological polar surface area (TPSA) is 67.8 Å². The molecule has 1 aliphatic heterocycles. The van der Waals surface area contributed by atoms with Gasteiger partial charge in [0.05, 0.1) is 7.11 Å². The summed E-state index contributed by atoms with van der Waals surface area (Å²) in [7, 11) is 1.70. The number of hydrogen-bond donors (Lipinski definition) is 2. The van der Waals surface area contributed by atoms with Gasteiger partial charge in [-0.15, -0.1) is 0 Å². The molecule has 1 aromatic carbocycles. The molecule has 38 heavy (non-hydrogen) atoms. The Morgan fingerprint density at radius 1 is 0.974 bits per heavy atom. The largest absolute Gasteiger partial charge is 0.496 e. The van der Waals surface area contributed by atoms with Crippen LogP contribution in [-0.4, -0.2) is 29.8 Å². The van der Waals surface area contributed by atoms with Crippen LogP contribution in [0.15, 0.2) is 0 Å². The number of benzene rings is 1. The number of aliphatic carboxylic acids is 1. The maximum absolute atomic E-state index is 11.3. The van der Waals surface area contributed by atoms with Crippen molar-refractivity contribution >= 4 is 5.97 Å². The molecule has 0 aliphatic carbocycles. The SMILES string of the molecule is COc1c(C)c(C)c2c(c1CN[C@@H](C)C(=O)O)CCC(C)(CCCC(C)CCCC(C)CCCC(C)C)O2. The molecule has 0 amide bonds. The van der Waals surface area contributed by atoms with Crippen molar-refractivity contribution in [2.45, 2.75) is 144 Å². The summed E-state index contributed by atoms with van der Waals surface area (Å²) >= 11 is 0. The first-order valence-corrected chi connectivity index (χ1v) is 15.2. The Labute approximate surface area is 233 Å². The Morgan fingerprint density at radius 3 is 2.11 bits per heavy atom. The molecule has 4 atom stereocenters. The number of carboxylic acids is 1. The smallest absolute Gasteiger partial charge is 0.320 e. The third-order valence-corrected chi connectivity index (χ3v) is 8.84. The standard InChI is InChI=1S/C33H57NO4/c1-22(2)13-10-14-23(3)15-11-16-24(4)17-12-19-33(8)20-18-28-29(21-34-27(7)32(35)36)30(37-9)25(5)26(6)31(28)38-33/h22-24,27,34H,10-21H2,1-9H3,(H,35,36)/t23?,24?,27-,33?/m0/s1. The monoisotopic (exact) mass is 531 g/mol. The van der Waals surface area contributed by atoms with Gasteiger partial charge in [-0.1, -0.05) is 72.6 Å². The highest BCUT2D eigenvalue weighted by atomic mass is 16.5. The number of hydrogen-bond acceptors (Lipinski definition) is 4. The van der Waals surface area contributed by atoms with Crippen LogP contribution in [-0.2, 0) is 17.8 Å². The van der Waals surface area contributed by atoms with E-state index in [9.17, 15) is 9.90 Å². The molecule has 0 radical (unpaired) electrons. The van der Waals surface area contributed by atoms with Crippen LogP contribution < -0.4 is 14.8 Å². The third-order valence-electron chi connectivity index (χ3n) is 8.84. The van der Waals surface area contributed by atoms with Gasteiger partial charge in [-0.3, -0.25) is 4.79 Å². The Hall–Kier alpha value is -1.75. The number of methoxy groups -OCH3 is 1. The van der Waals surface area contributed by atoms with Crippen LogP contribution in [0.3, 0.4) is 0 Å². The van der Waals surface area contributed by atoms with E-state index in [4.69, 9.17) is 9.47 Å². The van der Waals surface area contributed by atoms with Gasteiger partial charge in [-0.25, -0.2) is 0 Å². The summed E-state index contributed by atoms with van der Waals surface area (Å²) < 4.78 is 12.6. The fourth-order valence-corrected chi connectivity index (χ4v) is 5.94. The summed E-state index contributed by atoms with van der Waals surface area (Å²) in [5, 5.41) is 12.5. The Kier molecular flexibility index (Phi) is 12.9. The van der Waals surface area contributed by atoms with E-state index in [1.807, 2.05) is 0 Å². The van der Waals surface area contributed by atoms with Gasteiger partial charge in [-0.2, -0.15) is 0 Å². The predicted molar refractivity (Wildman–Crippen MR) is 158 cm³/mol.